The van der Waals surface area contributed by atoms with Crippen LogP contribution in [0.1, 0.15) is 5.56 Å². The highest BCUT2D eigenvalue weighted by Gasteiger charge is 2.06. The first-order valence-electron chi connectivity index (χ1n) is 5.05. The zero-order valence-electron chi connectivity index (χ0n) is 9.18. The summed E-state index contributed by atoms with van der Waals surface area (Å²) >= 11 is 1.48. The van der Waals surface area contributed by atoms with Crippen molar-refractivity contribution in [3.63, 3.8) is 0 Å². The second-order valence-corrected chi connectivity index (χ2v) is 5.62. The highest BCUT2D eigenvalue weighted by molar-refractivity contribution is 9.10. The summed E-state index contributed by atoms with van der Waals surface area (Å²) in [5, 5.41) is 0. The molecule has 0 bridgehead atoms. The molecule has 0 saturated carbocycles. The fourth-order valence-electron chi connectivity index (χ4n) is 1.68. The van der Waals surface area contributed by atoms with E-state index in [1.54, 1.807) is 12.1 Å². The van der Waals surface area contributed by atoms with Gasteiger partial charge in [0, 0.05) is 4.47 Å². The van der Waals surface area contributed by atoms with Gasteiger partial charge in [0.1, 0.15) is 0 Å². The molecule has 0 amide bonds. The third kappa shape index (κ3) is 2.83. The van der Waals surface area contributed by atoms with Gasteiger partial charge in [-0.15, -0.1) is 0 Å². The van der Waals surface area contributed by atoms with Crippen LogP contribution in [0.4, 0.5) is 0 Å². The summed E-state index contributed by atoms with van der Waals surface area (Å²) in [7, 11) is 0. The van der Waals surface area contributed by atoms with E-state index in [4.69, 9.17) is 4.55 Å². The van der Waals surface area contributed by atoms with Gasteiger partial charge in [-0.1, -0.05) is 34.1 Å². The second-order valence-electron chi connectivity index (χ2n) is 3.74. The van der Waals surface area contributed by atoms with Crippen molar-refractivity contribution < 1.29 is 8.76 Å². The molecule has 1 unspecified atom stereocenters. The van der Waals surface area contributed by atoms with E-state index in [1.165, 1.54) is 0 Å². The molecular weight excluding hydrogens is 300 g/mol. The van der Waals surface area contributed by atoms with Crippen LogP contribution in [0.5, 0.6) is 0 Å². The molecule has 2 rings (SSSR count). The quantitative estimate of drug-likeness (QED) is 0.851. The Morgan fingerprint density at radius 3 is 2.59 bits per heavy atom. The fourth-order valence-corrected chi connectivity index (χ4v) is 2.48. The molecule has 0 aliphatic carbocycles. The average Bonchev–Trinajstić information content (AvgIpc) is 2.29. The maximum Gasteiger partial charge on any atom is 0.186 e. The van der Waals surface area contributed by atoms with Crippen LogP contribution in [0.15, 0.2) is 51.8 Å². The Morgan fingerprint density at radius 1 is 1.18 bits per heavy atom. The summed E-state index contributed by atoms with van der Waals surface area (Å²) in [6.07, 6.45) is 0. The topological polar surface area (TPSA) is 37.3 Å². The monoisotopic (exact) mass is 310 g/mol. The van der Waals surface area contributed by atoms with Crippen LogP contribution in [0.2, 0.25) is 0 Å². The van der Waals surface area contributed by atoms with Gasteiger partial charge in [-0.3, -0.25) is 0 Å². The molecule has 0 radical (unpaired) electrons. The van der Waals surface area contributed by atoms with Gasteiger partial charge in [-0.25, -0.2) is 4.21 Å². The van der Waals surface area contributed by atoms with E-state index < -0.39 is 11.1 Å². The maximum absolute atomic E-state index is 11.1. The smallest absolute Gasteiger partial charge is 0.186 e. The molecule has 0 spiro atoms. The molecule has 0 aliphatic heterocycles. The van der Waals surface area contributed by atoms with Gasteiger partial charge in [0.2, 0.25) is 0 Å². The van der Waals surface area contributed by atoms with Crippen molar-refractivity contribution in [3.05, 3.63) is 52.5 Å². The van der Waals surface area contributed by atoms with Crippen molar-refractivity contribution in [2.45, 2.75) is 11.8 Å². The van der Waals surface area contributed by atoms with Crippen LogP contribution in [0.25, 0.3) is 11.1 Å². The molecule has 88 valence electrons. The van der Waals surface area contributed by atoms with Crippen LogP contribution >= 0.6 is 15.9 Å². The lowest BCUT2D eigenvalue weighted by atomic mass is 10.0. The van der Waals surface area contributed by atoms with Gasteiger partial charge in [0.15, 0.2) is 11.1 Å². The maximum atomic E-state index is 11.1. The predicted molar refractivity (Wildman–Crippen MR) is 73.4 cm³/mol. The molecule has 4 heteroatoms. The molecular formula is C13H11BrO2S. The highest BCUT2D eigenvalue weighted by Crippen LogP contribution is 2.27. The van der Waals surface area contributed by atoms with Crippen molar-refractivity contribution in [1.82, 2.24) is 0 Å². The van der Waals surface area contributed by atoms with E-state index in [0.717, 1.165) is 21.2 Å². The number of halogens is 1. The molecule has 2 nitrogen and oxygen atoms in total. The Kier molecular flexibility index (Phi) is 3.76. The van der Waals surface area contributed by atoms with Crippen LogP contribution in [0, 0.1) is 6.92 Å². The van der Waals surface area contributed by atoms with E-state index in [0.29, 0.717) is 4.90 Å². The Hall–Kier alpha value is -0.970. The zero-order valence-corrected chi connectivity index (χ0v) is 11.6. The lowest BCUT2D eigenvalue weighted by Gasteiger charge is -2.08. The lowest BCUT2D eigenvalue weighted by Crippen LogP contribution is -1.91. The average molecular weight is 311 g/mol. The molecule has 0 fully saturated rings. The third-order valence-electron chi connectivity index (χ3n) is 2.55. The van der Waals surface area contributed by atoms with E-state index in [9.17, 15) is 4.21 Å². The standard InChI is InChI=1S/C13H11BrO2S/c1-9-5-6-12(17(15)16)8-13(9)10-3-2-4-11(14)7-10/h2-8H,1H3,(H,15,16). The van der Waals surface area contributed by atoms with E-state index in [1.807, 2.05) is 37.3 Å². The molecule has 0 aliphatic rings. The molecule has 17 heavy (non-hydrogen) atoms. The van der Waals surface area contributed by atoms with Gasteiger partial charge < -0.3 is 4.55 Å². The summed E-state index contributed by atoms with van der Waals surface area (Å²) in [6, 6.07) is 13.2. The molecule has 2 aromatic carbocycles. The minimum Gasteiger partial charge on any atom is -0.302 e. The van der Waals surface area contributed by atoms with E-state index in [2.05, 4.69) is 15.9 Å². The summed E-state index contributed by atoms with van der Waals surface area (Å²) in [6.45, 7) is 1.99. The zero-order chi connectivity index (χ0) is 12.4. The molecule has 0 heterocycles. The number of hydrogen-bond donors (Lipinski definition) is 1. The molecule has 2 aromatic rings. The molecule has 0 aromatic heterocycles. The first-order chi connectivity index (χ1) is 8.08. The largest absolute Gasteiger partial charge is 0.302 e. The van der Waals surface area contributed by atoms with E-state index in [-0.39, 0.29) is 0 Å². The molecule has 0 saturated heterocycles. The lowest BCUT2D eigenvalue weighted by molar-refractivity contribution is 0.564. The van der Waals surface area contributed by atoms with Crippen LogP contribution < -0.4 is 0 Å². The van der Waals surface area contributed by atoms with Gasteiger partial charge in [-0.05, 0) is 47.9 Å². The normalized spacial score (nSPS) is 12.4. The van der Waals surface area contributed by atoms with Crippen molar-refractivity contribution in [2.24, 2.45) is 0 Å². The predicted octanol–water partition coefficient (Wildman–Crippen LogP) is 4.01. The van der Waals surface area contributed by atoms with Gasteiger partial charge in [-0.2, -0.15) is 0 Å². The Labute approximate surface area is 111 Å². The summed E-state index contributed by atoms with van der Waals surface area (Å²) < 4.78 is 21.2. The minimum atomic E-state index is -1.94. The van der Waals surface area contributed by atoms with Crippen LogP contribution in [0.3, 0.4) is 0 Å². The van der Waals surface area contributed by atoms with E-state index >= 15 is 0 Å². The van der Waals surface area contributed by atoms with Crippen LogP contribution in [-0.4, -0.2) is 8.76 Å². The Morgan fingerprint density at radius 2 is 1.94 bits per heavy atom. The number of rotatable bonds is 2. The number of aryl methyl sites for hydroxylation is 1. The van der Waals surface area contributed by atoms with Crippen molar-refractivity contribution in [3.8, 4) is 11.1 Å². The summed E-state index contributed by atoms with van der Waals surface area (Å²) in [5.41, 5.74) is 3.09. The minimum absolute atomic E-state index is 0.422. The number of benzene rings is 2. The molecule has 1 N–H and O–H groups in total. The first kappa shape index (κ1) is 12.5. The number of hydrogen-bond acceptors (Lipinski definition) is 1. The second kappa shape index (κ2) is 5.12. The van der Waals surface area contributed by atoms with Gasteiger partial charge in [0.05, 0.1) is 4.90 Å². The molecule has 1 atom stereocenters. The van der Waals surface area contributed by atoms with Crippen molar-refractivity contribution in [2.75, 3.05) is 0 Å². The Balaban J connectivity index is 2.58. The van der Waals surface area contributed by atoms with Crippen LogP contribution in [-0.2, 0) is 11.1 Å². The van der Waals surface area contributed by atoms with Gasteiger partial charge >= 0.3 is 0 Å². The third-order valence-corrected chi connectivity index (χ3v) is 3.70. The summed E-state index contributed by atoms with van der Waals surface area (Å²) in [5.74, 6) is 0. The van der Waals surface area contributed by atoms with Gasteiger partial charge in [0.25, 0.3) is 0 Å². The Bertz CT molecular complexity index is 581. The highest BCUT2D eigenvalue weighted by atomic mass is 79.9. The summed E-state index contributed by atoms with van der Waals surface area (Å²) in [4.78, 5) is 0.422. The van der Waals surface area contributed by atoms with Crippen molar-refractivity contribution in [1.29, 1.82) is 0 Å². The SMILES string of the molecule is Cc1ccc(S(=O)O)cc1-c1cccc(Br)c1. The fraction of sp³-hybridized carbons (Fsp3) is 0.0769. The van der Waals surface area contributed by atoms with Crippen molar-refractivity contribution >= 4 is 27.0 Å². The first-order valence-corrected chi connectivity index (χ1v) is 6.95.